The van der Waals surface area contributed by atoms with Gasteiger partial charge in [0.15, 0.2) is 0 Å². The molecule has 0 aliphatic heterocycles. The van der Waals surface area contributed by atoms with E-state index in [1.54, 1.807) is 17.4 Å². The van der Waals surface area contributed by atoms with Crippen LogP contribution in [0.2, 0.25) is 0 Å². The Kier molecular flexibility index (Phi) is 6.73. The summed E-state index contributed by atoms with van der Waals surface area (Å²) in [5.74, 6) is 0.695. The Bertz CT molecular complexity index is 855. The van der Waals surface area contributed by atoms with E-state index in [4.69, 9.17) is 0 Å². The maximum Gasteiger partial charge on any atom is 0.281 e. The van der Waals surface area contributed by atoms with Crippen LogP contribution >= 0.6 is 11.3 Å². The first-order chi connectivity index (χ1) is 13.5. The predicted molar refractivity (Wildman–Crippen MR) is 117 cm³/mol. The Morgan fingerprint density at radius 3 is 2.79 bits per heavy atom. The lowest BCUT2D eigenvalue weighted by atomic mass is 9.87. The molecule has 0 saturated carbocycles. The van der Waals surface area contributed by atoms with Gasteiger partial charge in [-0.1, -0.05) is 13.3 Å². The van der Waals surface area contributed by atoms with Crippen molar-refractivity contribution in [3.8, 4) is 5.75 Å². The second-order valence-corrected chi connectivity index (χ2v) is 8.33. The number of aryl methyl sites for hydroxylation is 1. The molecule has 0 unspecified atom stereocenters. The number of nitrogens with zero attached hydrogens (tertiary/aromatic N) is 2. The molecule has 1 aromatic carbocycles. The first-order valence-electron chi connectivity index (χ1n) is 10.1. The Morgan fingerprint density at radius 2 is 2.11 bits per heavy atom. The summed E-state index contributed by atoms with van der Waals surface area (Å²) in [6.07, 6.45) is 6.04. The Labute approximate surface area is 171 Å². The summed E-state index contributed by atoms with van der Waals surface area (Å²) < 4.78 is 0. The van der Waals surface area contributed by atoms with Crippen molar-refractivity contribution in [3.05, 3.63) is 45.1 Å². The largest absolute Gasteiger partial charge is 0.507 e. The summed E-state index contributed by atoms with van der Waals surface area (Å²) in [7, 11) is 0. The van der Waals surface area contributed by atoms with Crippen LogP contribution in [0.5, 0.6) is 5.75 Å². The summed E-state index contributed by atoms with van der Waals surface area (Å²) in [5.41, 5.74) is 5.46. The Morgan fingerprint density at radius 1 is 1.32 bits per heavy atom. The number of carbonyl (C=O) groups is 1. The third kappa shape index (κ3) is 4.55. The van der Waals surface area contributed by atoms with Crippen molar-refractivity contribution >= 4 is 29.1 Å². The Balaban J connectivity index is 1.63. The minimum atomic E-state index is -0.192. The van der Waals surface area contributed by atoms with Crippen molar-refractivity contribution in [2.45, 2.75) is 46.5 Å². The van der Waals surface area contributed by atoms with Gasteiger partial charge >= 0.3 is 0 Å². The number of hydrazone groups is 1. The average Bonchev–Trinajstić information content (AvgIpc) is 3.13. The van der Waals surface area contributed by atoms with Crippen molar-refractivity contribution in [3.63, 3.8) is 0 Å². The molecule has 1 aromatic heterocycles. The number of benzene rings is 1. The highest BCUT2D eigenvalue weighted by Gasteiger charge is 2.21. The van der Waals surface area contributed by atoms with E-state index in [0.29, 0.717) is 10.4 Å². The maximum absolute atomic E-state index is 12.4. The molecule has 1 atom stereocenters. The molecule has 0 saturated heterocycles. The normalized spacial score (nSPS) is 16.2. The molecule has 6 heteroatoms. The summed E-state index contributed by atoms with van der Waals surface area (Å²) >= 11 is 1.57. The molecular weight excluding hydrogens is 370 g/mol. The smallest absolute Gasteiger partial charge is 0.281 e. The molecule has 150 valence electrons. The minimum absolute atomic E-state index is 0.152. The molecule has 3 rings (SSSR count). The third-order valence-electron chi connectivity index (χ3n) is 5.50. The first-order valence-corrected chi connectivity index (χ1v) is 10.9. The summed E-state index contributed by atoms with van der Waals surface area (Å²) in [6, 6.07) is 7.51. The topological polar surface area (TPSA) is 64.9 Å². The summed E-state index contributed by atoms with van der Waals surface area (Å²) in [6.45, 7) is 8.15. The van der Waals surface area contributed by atoms with E-state index in [1.807, 2.05) is 18.2 Å². The van der Waals surface area contributed by atoms with Gasteiger partial charge in [0.2, 0.25) is 0 Å². The fourth-order valence-electron chi connectivity index (χ4n) is 3.70. The Hall–Kier alpha value is -2.34. The summed E-state index contributed by atoms with van der Waals surface area (Å²) in [5, 5.41) is 14.3. The van der Waals surface area contributed by atoms with Crippen molar-refractivity contribution in [1.82, 2.24) is 5.43 Å². The average molecular weight is 400 g/mol. The lowest BCUT2D eigenvalue weighted by Crippen LogP contribution is -2.21. The van der Waals surface area contributed by atoms with Gasteiger partial charge in [0, 0.05) is 35.3 Å². The fourth-order valence-corrected chi connectivity index (χ4v) is 4.80. The van der Waals surface area contributed by atoms with Gasteiger partial charge < -0.3 is 10.0 Å². The highest BCUT2D eigenvalue weighted by atomic mass is 32.1. The van der Waals surface area contributed by atoms with E-state index in [-0.39, 0.29) is 11.7 Å². The van der Waals surface area contributed by atoms with E-state index >= 15 is 0 Å². The standard InChI is InChI=1S/C22H29N3O2S/c1-4-15-7-10-20-17(11-15)12-21(28-20)22(27)24-23-14-16-8-9-18(13-19(16)26)25(5-2)6-3/h8-9,12-15,26H,4-7,10-11H2,1-3H3,(H,24,27)/b23-14+/t15-/m1/s1. The van der Waals surface area contributed by atoms with Crippen LogP contribution in [0.15, 0.2) is 29.4 Å². The molecule has 2 aromatic rings. The van der Waals surface area contributed by atoms with Crippen molar-refractivity contribution in [2.24, 2.45) is 11.0 Å². The zero-order valence-corrected chi connectivity index (χ0v) is 17.7. The van der Waals surface area contributed by atoms with Crippen molar-refractivity contribution in [1.29, 1.82) is 0 Å². The number of hydrogen-bond acceptors (Lipinski definition) is 5. The van der Waals surface area contributed by atoms with Gasteiger partial charge in [-0.25, -0.2) is 5.43 Å². The number of rotatable bonds is 7. The zero-order valence-electron chi connectivity index (χ0n) is 16.9. The number of phenols is 1. The molecule has 1 heterocycles. The number of amides is 1. The maximum atomic E-state index is 12.4. The van der Waals surface area contributed by atoms with Crippen LogP contribution in [-0.4, -0.2) is 30.3 Å². The van der Waals surface area contributed by atoms with Gasteiger partial charge in [-0.3, -0.25) is 4.79 Å². The molecule has 0 fully saturated rings. The third-order valence-corrected chi connectivity index (χ3v) is 6.73. The molecule has 1 aliphatic rings. The van der Waals surface area contributed by atoms with Gasteiger partial charge in [-0.2, -0.15) is 5.10 Å². The lowest BCUT2D eigenvalue weighted by Gasteiger charge is -2.21. The number of anilines is 1. The number of carbonyl (C=O) groups excluding carboxylic acids is 1. The molecule has 1 amide bonds. The van der Waals surface area contributed by atoms with Gasteiger partial charge in [-0.05, 0) is 62.8 Å². The number of aromatic hydroxyl groups is 1. The van der Waals surface area contributed by atoms with E-state index in [1.165, 1.54) is 29.5 Å². The second-order valence-electron chi connectivity index (χ2n) is 7.19. The van der Waals surface area contributed by atoms with Crippen LogP contribution in [0.4, 0.5) is 5.69 Å². The van der Waals surface area contributed by atoms with E-state index in [0.717, 1.165) is 37.5 Å². The molecule has 28 heavy (non-hydrogen) atoms. The van der Waals surface area contributed by atoms with Crippen LogP contribution in [0.1, 0.15) is 59.3 Å². The molecule has 0 bridgehead atoms. The van der Waals surface area contributed by atoms with Gasteiger partial charge in [-0.15, -0.1) is 11.3 Å². The van der Waals surface area contributed by atoms with E-state index in [2.05, 4.69) is 36.2 Å². The highest BCUT2D eigenvalue weighted by molar-refractivity contribution is 7.14. The van der Waals surface area contributed by atoms with Gasteiger partial charge in [0.05, 0.1) is 11.1 Å². The number of phenolic OH excluding ortho intramolecular Hbond substituents is 1. The molecular formula is C22H29N3O2S. The molecule has 2 N–H and O–H groups in total. The predicted octanol–water partition coefficient (Wildman–Crippen LogP) is 4.58. The number of fused-ring (bicyclic) bond motifs is 1. The lowest BCUT2D eigenvalue weighted by molar-refractivity contribution is 0.0959. The number of thiophene rings is 1. The first kappa shape index (κ1) is 20.4. The number of hydrogen-bond donors (Lipinski definition) is 2. The molecule has 5 nitrogen and oxygen atoms in total. The molecule has 0 spiro atoms. The van der Waals surface area contributed by atoms with Gasteiger partial charge in [0.25, 0.3) is 5.91 Å². The minimum Gasteiger partial charge on any atom is -0.507 e. The summed E-state index contributed by atoms with van der Waals surface area (Å²) in [4.78, 5) is 16.6. The van der Waals surface area contributed by atoms with Crippen LogP contribution in [0, 0.1) is 5.92 Å². The monoisotopic (exact) mass is 399 g/mol. The van der Waals surface area contributed by atoms with Crippen molar-refractivity contribution in [2.75, 3.05) is 18.0 Å². The second kappa shape index (κ2) is 9.24. The van der Waals surface area contributed by atoms with Crippen LogP contribution in [-0.2, 0) is 12.8 Å². The molecule has 0 radical (unpaired) electrons. The highest BCUT2D eigenvalue weighted by Crippen LogP contribution is 2.33. The van der Waals surface area contributed by atoms with Crippen LogP contribution in [0.25, 0.3) is 0 Å². The fraction of sp³-hybridized carbons (Fsp3) is 0.455. The molecule has 1 aliphatic carbocycles. The van der Waals surface area contributed by atoms with E-state index < -0.39 is 0 Å². The van der Waals surface area contributed by atoms with Gasteiger partial charge in [0.1, 0.15) is 5.75 Å². The van der Waals surface area contributed by atoms with Crippen LogP contribution < -0.4 is 10.3 Å². The van der Waals surface area contributed by atoms with E-state index in [9.17, 15) is 9.90 Å². The SMILES string of the molecule is CC[C@@H]1CCc2sc(C(=O)N/N=C/c3ccc(N(CC)CC)cc3O)cc2C1. The zero-order chi connectivity index (χ0) is 20.1. The quantitative estimate of drug-likeness (QED) is 0.529. The van der Waals surface area contributed by atoms with Crippen LogP contribution in [0.3, 0.4) is 0 Å². The number of nitrogens with one attached hydrogen (secondary N) is 1. The van der Waals surface area contributed by atoms with Crippen molar-refractivity contribution < 1.29 is 9.90 Å².